The van der Waals surface area contributed by atoms with Gasteiger partial charge in [-0.3, -0.25) is 28.2 Å². The number of aromatic amines is 1. The van der Waals surface area contributed by atoms with Crippen LogP contribution in [-0.4, -0.2) is 50.7 Å². The van der Waals surface area contributed by atoms with Crippen LogP contribution < -0.4 is 16.3 Å². The van der Waals surface area contributed by atoms with Crippen LogP contribution in [-0.2, 0) is 34.5 Å². The Morgan fingerprint density at radius 3 is 2.67 bits per heavy atom. The van der Waals surface area contributed by atoms with E-state index in [2.05, 4.69) is 20.1 Å². The number of aromatic nitrogens is 2. The lowest BCUT2D eigenvalue weighted by Crippen LogP contribution is -2.36. The lowest BCUT2D eigenvalue weighted by atomic mass is 10.1. The minimum Gasteiger partial charge on any atom is -0.460 e. The Labute approximate surface area is 243 Å². The monoisotopic (exact) mass is 638 g/mol. The summed E-state index contributed by atoms with van der Waals surface area (Å²) >= 11 is 17.2. The number of esters is 1. The standard InChI is InChI=1S/C22H26Cl3N6O8P/c1-13-9-31(21(34)27-19(13)32)18-8-16(28-30-26)17(39-18)11-37-40(35,38-12-22(23,24)25)29-14(2)20(33)36-10-15-6-4-3-5-7-15/h3-7,9,14,16-18H,8,10-12H2,1-2H3,(H,29,35)(H,27,32,34)/t14-,16-,17+,18+,40?/m0/s1. The van der Waals surface area contributed by atoms with E-state index < -0.39 is 66.4 Å². The van der Waals surface area contributed by atoms with Gasteiger partial charge in [0.25, 0.3) is 5.56 Å². The van der Waals surface area contributed by atoms with Crippen molar-refractivity contribution in [3.05, 3.63) is 78.9 Å². The molecule has 2 N–H and O–H groups in total. The summed E-state index contributed by atoms with van der Waals surface area (Å²) < 4.78 is 34.6. The minimum atomic E-state index is -4.37. The van der Waals surface area contributed by atoms with Crippen LogP contribution in [0, 0.1) is 6.92 Å². The molecule has 5 atom stereocenters. The first-order valence-corrected chi connectivity index (χ1v) is 14.4. The molecule has 0 bridgehead atoms. The van der Waals surface area contributed by atoms with Gasteiger partial charge in [0.1, 0.15) is 25.5 Å². The number of carbonyl (C=O) groups is 1. The fourth-order valence-electron chi connectivity index (χ4n) is 3.61. The number of halogens is 3. The Balaban J connectivity index is 1.72. The molecule has 18 heteroatoms. The Bertz CT molecular complexity index is 1400. The van der Waals surface area contributed by atoms with E-state index in [1.165, 1.54) is 20.0 Å². The number of alkyl halides is 3. The maximum atomic E-state index is 13.6. The van der Waals surface area contributed by atoms with E-state index >= 15 is 0 Å². The number of carbonyl (C=O) groups excluding carboxylic acids is 1. The fraction of sp³-hybridized carbons (Fsp3) is 0.500. The van der Waals surface area contributed by atoms with E-state index in [1.54, 1.807) is 24.3 Å². The van der Waals surface area contributed by atoms with Crippen molar-refractivity contribution < 1.29 is 27.9 Å². The van der Waals surface area contributed by atoms with Crippen molar-refractivity contribution in [2.24, 2.45) is 5.11 Å². The predicted octanol–water partition coefficient (Wildman–Crippen LogP) is 4.04. The Kier molecular flexibility index (Phi) is 11.2. The summed E-state index contributed by atoms with van der Waals surface area (Å²) in [6, 6.07) is 6.87. The lowest BCUT2D eigenvalue weighted by Gasteiger charge is -2.25. The second-order valence-corrected chi connectivity index (χ2v) is 13.0. The van der Waals surface area contributed by atoms with Crippen molar-refractivity contribution >= 4 is 48.5 Å². The Morgan fingerprint density at radius 2 is 2.02 bits per heavy atom. The summed E-state index contributed by atoms with van der Waals surface area (Å²) in [6.45, 7) is 1.70. The fourth-order valence-corrected chi connectivity index (χ4v) is 5.51. The first-order chi connectivity index (χ1) is 18.8. The van der Waals surface area contributed by atoms with Gasteiger partial charge in [-0.05, 0) is 24.9 Å². The van der Waals surface area contributed by atoms with Gasteiger partial charge in [-0.25, -0.2) is 14.4 Å². The van der Waals surface area contributed by atoms with Gasteiger partial charge in [0.15, 0.2) is 0 Å². The molecule has 0 spiro atoms. The van der Waals surface area contributed by atoms with Crippen molar-refractivity contribution in [2.75, 3.05) is 13.2 Å². The number of nitrogens with one attached hydrogen (secondary N) is 2. The van der Waals surface area contributed by atoms with Crippen LogP contribution in [0.4, 0.5) is 0 Å². The summed E-state index contributed by atoms with van der Waals surface area (Å²) in [4.78, 5) is 41.5. The molecule has 1 saturated heterocycles. The summed E-state index contributed by atoms with van der Waals surface area (Å²) in [7, 11) is -4.37. The Hall–Kier alpha value is -2.38. The SMILES string of the molecule is Cc1cn([C@H]2C[C@H](N=[N+]=[N-])[C@@H](COP(=O)(N[C@@H](C)C(=O)OCc3ccccc3)OCC(Cl)(Cl)Cl)O2)c(=O)[nH]c1=O. The molecule has 0 radical (unpaired) electrons. The second kappa shape index (κ2) is 14.0. The molecule has 14 nitrogen and oxygen atoms in total. The number of ether oxygens (including phenoxy) is 2. The highest BCUT2D eigenvalue weighted by Crippen LogP contribution is 2.47. The molecule has 2 aromatic rings. The molecule has 1 aliphatic rings. The van der Waals surface area contributed by atoms with E-state index in [-0.39, 0.29) is 18.6 Å². The quantitative estimate of drug-likeness (QED) is 0.0863. The van der Waals surface area contributed by atoms with Crippen LogP contribution in [0.3, 0.4) is 0 Å². The van der Waals surface area contributed by atoms with Crippen LogP contribution in [0.5, 0.6) is 0 Å². The summed E-state index contributed by atoms with van der Waals surface area (Å²) in [5, 5.41) is 6.12. The number of rotatable bonds is 12. The van der Waals surface area contributed by atoms with Gasteiger partial charge in [0.2, 0.25) is 3.79 Å². The van der Waals surface area contributed by atoms with Gasteiger partial charge in [0, 0.05) is 23.1 Å². The number of nitrogens with zero attached hydrogens (tertiary/aromatic N) is 4. The van der Waals surface area contributed by atoms with Gasteiger partial charge in [-0.2, -0.15) is 0 Å². The third-order valence-electron chi connectivity index (χ3n) is 5.60. The third kappa shape index (κ3) is 9.34. The molecule has 0 amide bonds. The van der Waals surface area contributed by atoms with Crippen LogP contribution in [0.15, 0.2) is 51.2 Å². The molecule has 3 rings (SSSR count). The van der Waals surface area contributed by atoms with Crippen molar-refractivity contribution in [1.82, 2.24) is 14.6 Å². The predicted molar refractivity (Wildman–Crippen MR) is 146 cm³/mol. The van der Waals surface area contributed by atoms with Crippen LogP contribution in [0.25, 0.3) is 10.4 Å². The van der Waals surface area contributed by atoms with Crippen LogP contribution in [0.1, 0.15) is 30.7 Å². The van der Waals surface area contributed by atoms with Gasteiger partial charge >= 0.3 is 19.4 Å². The molecule has 1 unspecified atom stereocenters. The number of aryl methyl sites for hydroxylation is 1. The number of azide groups is 1. The van der Waals surface area contributed by atoms with E-state index in [0.717, 1.165) is 10.1 Å². The van der Waals surface area contributed by atoms with Crippen molar-refractivity contribution in [1.29, 1.82) is 0 Å². The molecular weight excluding hydrogens is 614 g/mol. The maximum Gasteiger partial charge on any atom is 0.406 e. The van der Waals surface area contributed by atoms with E-state index in [0.29, 0.717) is 0 Å². The molecule has 1 aliphatic heterocycles. The molecule has 1 fully saturated rings. The zero-order valence-electron chi connectivity index (χ0n) is 21.2. The third-order valence-corrected chi connectivity index (χ3v) is 7.59. The zero-order chi connectivity index (χ0) is 29.5. The highest BCUT2D eigenvalue weighted by Gasteiger charge is 2.40. The molecule has 1 aromatic carbocycles. The van der Waals surface area contributed by atoms with Crippen molar-refractivity contribution in [3.8, 4) is 0 Å². The summed E-state index contributed by atoms with van der Waals surface area (Å²) in [6.07, 6.45) is -0.597. The van der Waals surface area contributed by atoms with E-state index in [4.69, 9.17) is 58.9 Å². The van der Waals surface area contributed by atoms with Crippen molar-refractivity contribution in [3.63, 3.8) is 0 Å². The second-order valence-electron chi connectivity index (χ2n) is 8.74. The number of hydrogen-bond acceptors (Lipinski definition) is 9. The van der Waals surface area contributed by atoms with Gasteiger partial charge in [-0.15, -0.1) is 0 Å². The average molecular weight is 640 g/mol. The van der Waals surface area contributed by atoms with Gasteiger partial charge in [0.05, 0.1) is 18.8 Å². The smallest absolute Gasteiger partial charge is 0.406 e. The molecule has 218 valence electrons. The zero-order valence-corrected chi connectivity index (χ0v) is 24.4. The average Bonchev–Trinajstić information content (AvgIpc) is 3.30. The molecular formula is C22H26Cl3N6O8P. The van der Waals surface area contributed by atoms with Gasteiger partial charge < -0.3 is 9.47 Å². The van der Waals surface area contributed by atoms with E-state index in [1.807, 2.05) is 6.07 Å². The summed E-state index contributed by atoms with van der Waals surface area (Å²) in [5.41, 5.74) is 8.72. The topological polar surface area (TPSA) is 187 Å². The van der Waals surface area contributed by atoms with Gasteiger partial charge in [-0.1, -0.05) is 70.2 Å². The first-order valence-electron chi connectivity index (χ1n) is 11.8. The molecule has 1 aromatic heterocycles. The molecule has 40 heavy (non-hydrogen) atoms. The van der Waals surface area contributed by atoms with Crippen LogP contribution >= 0.6 is 42.5 Å². The number of H-pyrrole nitrogens is 1. The lowest BCUT2D eigenvalue weighted by molar-refractivity contribution is -0.146. The van der Waals surface area contributed by atoms with Crippen molar-refractivity contribution in [2.45, 2.75) is 55.1 Å². The Morgan fingerprint density at radius 1 is 1.32 bits per heavy atom. The number of hydrogen-bond donors (Lipinski definition) is 2. The normalized spacial score (nSPS) is 21.3. The number of benzene rings is 1. The first kappa shape index (κ1) is 32.1. The highest BCUT2D eigenvalue weighted by atomic mass is 35.6. The summed E-state index contributed by atoms with van der Waals surface area (Å²) in [5.74, 6) is -0.762. The maximum absolute atomic E-state index is 13.6. The highest BCUT2D eigenvalue weighted by molar-refractivity contribution is 7.51. The van der Waals surface area contributed by atoms with E-state index in [9.17, 15) is 18.9 Å². The molecule has 0 saturated carbocycles. The minimum absolute atomic E-state index is 0.0272. The largest absolute Gasteiger partial charge is 0.460 e. The molecule has 2 heterocycles. The molecule has 0 aliphatic carbocycles. The van der Waals surface area contributed by atoms with Crippen LogP contribution in [0.2, 0.25) is 0 Å².